The van der Waals surface area contributed by atoms with E-state index in [2.05, 4.69) is 5.32 Å². The minimum absolute atomic E-state index is 0.00647. The Morgan fingerprint density at radius 1 is 1.40 bits per heavy atom. The van der Waals surface area contributed by atoms with E-state index >= 15 is 0 Å². The average molecular weight is 300 g/mol. The molecule has 1 atom stereocenters. The molecule has 20 heavy (non-hydrogen) atoms. The second-order valence-corrected chi connectivity index (χ2v) is 7.14. The van der Waals surface area contributed by atoms with Gasteiger partial charge in [0.2, 0.25) is 0 Å². The number of nitrogens with zero attached hydrogens (tertiary/aromatic N) is 1. The Hall–Kier alpha value is -1.01. The standard InChI is InChI=1S/C14H24N2O3S/c1-14(2,3)19-12(17)8-10-9-15-7-6-11(10)20-13(18)16(4)5/h8,11,15H,6-7,9H2,1-5H3/b10-8-. The zero-order valence-electron chi connectivity index (χ0n) is 12.9. The minimum atomic E-state index is -0.502. The fourth-order valence-corrected chi connectivity index (χ4v) is 2.75. The maximum atomic E-state index is 11.9. The number of carbonyl (C=O) groups excluding carboxylic acids is 2. The molecule has 1 rings (SSSR count). The zero-order chi connectivity index (χ0) is 15.3. The number of nitrogens with one attached hydrogen (secondary N) is 1. The third kappa shape index (κ3) is 5.96. The highest BCUT2D eigenvalue weighted by Gasteiger charge is 2.25. The van der Waals surface area contributed by atoms with Gasteiger partial charge in [0.1, 0.15) is 5.60 Å². The van der Waals surface area contributed by atoms with Gasteiger partial charge in [0.05, 0.1) is 0 Å². The Labute approximate surface area is 125 Å². The van der Waals surface area contributed by atoms with Gasteiger partial charge in [-0.2, -0.15) is 0 Å². The molecule has 0 aromatic heterocycles. The maximum absolute atomic E-state index is 11.9. The predicted molar refractivity (Wildman–Crippen MR) is 81.9 cm³/mol. The summed E-state index contributed by atoms with van der Waals surface area (Å²) in [5.41, 5.74) is 0.420. The minimum Gasteiger partial charge on any atom is -0.457 e. The molecule has 0 aromatic rings. The molecule has 0 spiro atoms. The Morgan fingerprint density at radius 2 is 2.05 bits per heavy atom. The molecule has 5 nitrogen and oxygen atoms in total. The van der Waals surface area contributed by atoms with Crippen LogP contribution in [0.25, 0.3) is 0 Å². The molecule has 6 heteroatoms. The quantitative estimate of drug-likeness (QED) is 0.624. The first-order valence-electron chi connectivity index (χ1n) is 6.71. The van der Waals surface area contributed by atoms with Crippen LogP contribution in [0.3, 0.4) is 0 Å². The molecule has 1 N–H and O–H groups in total. The maximum Gasteiger partial charge on any atom is 0.331 e. The van der Waals surface area contributed by atoms with E-state index in [1.54, 1.807) is 19.0 Å². The number of rotatable bonds is 2. The zero-order valence-corrected chi connectivity index (χ0v) is 13.7. The van der Waals surface area contributed by atoms with Gasteiger partial charge in [0.15, 0.2) is 0 Å². The summed E-state index contributed by atoms with van der Waals surface area (Å²) >= 11 is 1.27. The number of thioether (sulfide) groups is 1. The van der Waals surface area contributed by atoms with Crippen molar-refractivity contribution in [3.63, 3.8) is 0 Å². The molecule has 0 saturated carbocycles. The number of ether oxygens (including phenoxy) is 1. The lowest BCUT2D eigenvalue weighted by Crippen LogP contribution is -2.34. The molecule has 1 saturated heterocycles. The summed E-state index contributed by atoms with van der Waals surface area (Å²) in [5, 5.41) is 3.27. The molecule has 1 unspecified atom stereocenters. The first kappa shape index (κ1) is 17.0. The molecule has 0 aliphatic carbocycles. The Balaban J connectivity index is 2.73. The van der Waals surface area contributed by atoms with Crippen molar-refractivity contribution in [2.24, 2.45) is 0 Å². The number of piperidine rings is 1. The van der Waals surface area contributed by atoms with E-state index in [1.807, 2.05) is 20.8 Å². The van der Waals surface area contributed by atoms with Crippen LogP contribution >= 0.6 is 11.8 Å². The van der Waals surface area contributed by atoms with E-state index in [1.165, 1.54) is 17.8 Å². The fourth-order valence-electron chi connectivity index (χ4n) is 1.75. The molecule has 114 valence electrons. The first-order chi connectivity index (χ1) is 9.19. The van der Waals surface area contributed by atoms with E-state index in [4.69, 9.17) is 4.74 Å². The molecule has 1 aliphatic heterocycles. The van der Waals surface area contributed by atoms with Crippen LogP contribution in [0.5, 0.6) is 0 Å². The van der Waals surface area contributed by atoms with Gasteiger partial charge in [-0.3, -0.25) is 4.79 Å². The normalized spacial score (nSPS) is 21.6. The van der Waals surface area contributed by atoms with Crippen LogP contribution < -0.4 is 5.32 Å². The van der Waals surface area contributed by atoms with Crippen molar-refractivity contribution in [1.82, 2.24) is 10.2 Å². The Morgan fingerprint density at radius 3 is 2.60 bits per heavy atom. The van der Waals surface area contributed by atoms with Crippen molar-refractivity contribution in [3.8, 4) is 0 Å². The van der Waals surface area contributed by atoms with Crippen molar-refractivity contribution in [3.05, 3.63) is 11.6 Å². The molecular weight excluding hydrogens is 276 g/mol. The average Bonchev–Trinajstić information content (AvgIpc) is 2.28. The number of carbonyl (C=O) groups is 2. The fraction of sp³-hybridized carbons (Fsp3) is 0.714. The van der Waals surface area contributed by atoms with Crippen LogP contribution in [-0.4, -0.2) is 54.1 Å². The van der Waals surface area contributed by atoms with Crippen LogP contribution in [0.15, 0.2) is 11.6 Å². The van der Waals surface area contributed by atoms with E-state index in [0.717, 1.165) is 18.5 Å². The van der Waals surface area contributed by atoms with E-state index in [-0.39, 0.29) is 16.5 Å². The van der Waals surface area contributed by atoms with Gasteiger partial charge in [-0.1, -0.05) is 11.8 Å². The van der Waals surface area contributed by atoms with Crippen molar-refractivity contribution in [1.29, 1.82) is 0 Å². The van der Waals surface area contributed by atoms with Gasteiger partial charge in [-0.05, 0) is 39.3 Å². The van der Waals surface area contributed by atoms with Gasteiger partial charge in [0.25, 0.3) is 5.24 Å². The van der Waals surface area contributed by atoms with Crippen LogP contribution in [0.1, 0.15) is 27.2 Å². The van der Waals surface area contributed by atoms with Crippen LogP contribution in [0, 0.1) is 0 Å². The molecule has 1 amide bonds. The molecular formula is C14H24N2O3S. The van der Waals surface area contributed by atoms with E-state index in [0.29, 0.717) is 6.54 Å². The highest BCUT2D eigenvalue weighted by molar-refractivity contribution is 8.14. The monoisotopic (exact) mass is 300 g/mol. The summed E-state index contributed by atoms with van der Waals surface area (Å²) in [6, 6.07) is 0. The van der Waals surface area contributed by atoms with Crippen LogP contribution in [0.4, 0.5) is 4.79 Å². The SMILES string of the molecule is CN(C)C(=O)SC1CCNC/C1=C/C(=O)OC(C)(C)C. The van der Waals surface area contributed by atoms with Crippen molar-refractivity contribution in [2.75, 3.05) is 27.2 Å². The Kier molecular flexibility index (Phi) is 6.07. The summed E-state index contributed by atoms with van der Waals surface area (Å²) in [4.78, 5) is 25.2. The lowest BCUT2D eigenvalue weighted by atomic mass is 10.1. The smallest absolute Gasteiger partial charge is 0.331 e. The number of hydrogen-bond acceptors (Lipinski definition) is 5. The third-order valence-corrected chi connectivity index (χ3v) is 4.03. The summed E-state index contributed by atoms with van der Waals surface area (Å²) in [6.45, 7) is 6.99. The van der Waals surface area contributed by atoms with E-state index < -0.39 is 5.60 Å². The third-order valence-electron chi connectivity index (χ3n) is 2.64. The molecule has 0 radical (unpaired) electrons. The summed E-state index contributed by atoms with van der Waals surface area (Å²) in [5.74, 6) is -0.348. The summed E-state index contributed by atoms with van der Waals surface area (Å²) in [7, 11) is 3.46. The second kappa shape index (κ2) is 7.13. The van der Waals surface area contributed by atoms with Crippen LogP contribution in [0.2, 0.25) is 0 Å². The topological polar surface area (TPSA) is 58.6 Å². The predicted octanol–water partition coefficient (Wildman–Crippen LogP) is 2.03. The number of amides is 1. The highest BCUT2D eigenvalue weighted by Crippen LogP contribution is 2.27. The van der Waals surface area contributed by atoms with E-state index in [9.17, 15) is 9.59 Å². The van der Waals surface area contributed by atoms with Gasteiger partial charge >= 0.3 is 5.97 Å². The van der Waals surface area contributed by atoms with Gasteiger partial charge in [-0.15, -0.1) is 0 Å². The van der Waals surface area contributed by atoms with Crippen molar-refractivity contribution < 1.29 is 14.3 Å². The van der Waals surface area contributed by atoms with Gasteiger partial charge < -0.3 is 15.0 Å². The second-order valence-electron chi connectivity index (χ2n) is 5.99. The van der Waals surface area contributed by atoms with Crippen molar-refractivity contribution >= 4 is 23.0 Å². The molecule has 1 aliphatic rings. The summed E-state index contributed by atoms with van der Waals surface area (Å²) < 4.78 is 5.29. The molecule has 0 bridgehead atoms. The Bertz CT molecular complexity index is 400. The highest BCUT2D eigenvalue weighted by atomic mass is 32.2. The molecule has 1 fully saturated rings. The summed E-state index contributed by atoms with van der Waals surface area (Å²) in [6.07, 6.45) is 2.36. The molecule has 0 aromatic carbocycles. The first-order valence-corrected chi connectivity index (χ1v) is 7.59. The van der Waals surface area contributed by atoms with Gasteiger partial charge in [-0.25, -0.2) is 4.79 Å². The number of hydrogen-bond donors (Lipinski definition) is 1. The van der Waals surface area contributed by atoms with Crippen LogP contribution in [-0.2, 0) is 9.53 Å². The van der Waals surface area contributed by atoms with Gasteiger partial charge in [0, 0.05) is 32.0 Å². The largest absolute Gasteiger partial charge is 0.457 e. The molecule has 1 heterocycles. The van der Waals surface area contributed by atoms with Crippen molar-refractivity contribution in [2.45, 2.75) is 38.0 Å². The number of esters is 1. The lowest BCUT2D eigenvalue weighted by Gasteiger charge is -2.26. The lowest BCUT2D eigenvalue weighted by molar-refractivity contribution is -0.148.